The third-order valence-corrected chi connectivity index (χ3v) is 4.01. The van der Waals surface area contributed by atoms with Gasteiger partial charge in [-0.1, -0.05) is 6.07 Å². The van der Waals surface area contributed by atoms with Crippen molar-refractivity contribution in [3.63, 3.8) is 0 Å². The molecule has 1 fully saturated rings. The quantitative estimate of drug-likeness (QED) is 0.895. The summed E-state index contributed by atoms with van der Waals surface area (Å²) in [6.07, 6.45) is -0.398. The second-order valence-electron chi connectivity index (χ2n) is 6.92. The average molecular weight is 352 g/mol. The Morgan fingerprint density at radius 3 is 2.40 bits per heavy atom. The maximum Gasteiger partial charge on any atom is 0.410 e. The van der Waals surface area contributed by atoms with Crippen LogP contribution in [0.1, 0.15) is 32.4 Å². The van der Waals surface area contributed by atoms with E-state index < -0.39 is 17.7 Å². The number of rotatable bonds is 4. The van der Waals surface area contributed by atoms with E-state index in [-0.39, 0.29) is 6.04 Å². The fraction of sp³-hybridized carbons (Fsp3) is 0.611. The molecule has 0 bridgehead atoms. The molecule has 1 saturated heterocycles. The zero-order chi connectivity index (χ0) is 18.6. The van der Waals surface area contributed by atoms with Crippen molar-refractivity contribution < 1.29 is 23.7 Å². The van der Waals surface area contributed by atoms with E-state index in [1.54, 1.807) is 19.1 Å². The van der Waals surface area contributed by atoms with Gasteiger partial charge in [0, 0.05) is 6.54 Å². The van der Waals surface area contributed by atoms with Crippen molar-refractivity contribution in [1.82, 2.24) is 4.90 Å². The molecule has 1 aromatic rings. The van der Waals surface area contributed by atoms with Gasteiger partial charge in [0.15, 0.2) is 0 Å². The second-order valence-corrected chi connectivity index (χ2v) is 6.92. The van der Waals surface area contributed by atoms with Crippen LogP contribution in [0.25, 0.3) is 0 Å². The largest absolute Gasteiger partial charge is 0.496 e. The number of ether oxygens (including phenoxy) is 4. The highest BCUT2D eigenvalue weighted by Gasteiger charge is 2.37. The molecule has 0 aliphatic carbocycles. The van der Waals surface area contributed by atoms with Crippen molar-refractivity contribution in [2.45, 2.75) is 38.5 Å². The normalized spacial score (nSPS) is 19.3. The standard InChI is InChI=1S/C18H28N2O5/c1-18(2,3)25-17(21)20-9-10-24-11-12(20)16(19)15-13(22-4)7-6-8-14(15)23-5/h6-8,12,16H,9-11,19H2,1-5H3. The molecule has 1 amide bonds. The Morgan fingerprint density at radius 1 is 1.28 bits per heavy atom. The van der Waals surface area contributed by atoms with E-state index in [0.717, 1.165) is 0 Å². The number of nitrogens with two attached hydrogens (primary N) is 1. The molecule has 2 N–H and O–H groups in total. The lowest BCUT2D eigenvalue weighted by Gasteiger charge is -2.39. The minimum Gasteiger partial charge on any atom is -0.496 e. The third-order valence-electron chi connectivity index (χ3n) is 4.01. The smallest absolute Gasteiger partial charge is 0.410 e. The summed E-state index contributed by atoms with van der Waals surface area (Å²) in [4.78, 5) is 14.2. The molecule has 2 rings (SSSR count). The fourth-order valence-corrected chi connectivity index (χ4v) is 2.87. The van der Waals surface area contributed by atoms with Crippen molar-refractivity contribution in [2.75, 3.05) is 34.0 Å². The number of hydrogen-bond acceptors (Lipinski definition) is 6. The van der Waals surface area contributed by atoms with Crippen LogP contribution in [0.5, 0.6) is 11.5 Å². The van der Waals surface area contributed by atoms with Crippen molar-refractivity contribution in [3.05, 3.63) is 23.8 Å². The van der Waals surface area contributed by atoms with Crippen LogP contribution in [-0.2, 0) is 9.47 Å². The van der Waals surface area contributed by atoms with Crippen molar-refractivity contribution in [1.29, 1.82) is 0 Å². The molecule has 1 aromatic carbocycles. The van der Waals surface area contributed by atoms with E-state index >= 15 is 0 Å². The number of carbonyl (C=O) groups is 1. The first kappa shape index (κ1) is 19.3. The van der Waals surface area contributed by atoms with Crippen LogP contribution in [0.15, 0.2) is 18.2 Å². The summed E-state index contributed by atoms with van der Waals surface area (Å²) in [5.41, 5.74) is 6.65. The number of amides is 1. The molecule has 1 aliphatic rings. The molecule has 1 heterocycles. The zero-order valence-electron chi connectivity index (χ0n) is 15.6. The minimum atomic E-state index is -0.577. The van der Waals surface area contributed by atoms with Crippen molar-refractivity contribution >= 4 is 6.09 Å². The van der Waals surface area contributed by atoms with E-state index in [1.807, 2.05) is 39.0 Å². The highest BCUT2D eigenvalue weighted by Crippen LogP contribution is 2.36. The fourth-order valence-electron chi connectivity index (χ4n) is 2.87. The average Bonchev–Trinajstić information content (AvgIpc) is 2.58. The van der Waals surface area contributed by atoms with Crippen molar-refractivity contribution in [3.8, 4) is 11.5 Å². The molecule has 2 atom stereocenters. The summed E-state index contributed by atoms with van der Waals surface area (Å²) in [6, 6.07) is 4.54. The lowest BCUT2D eigenvalue weighted by atomic mass is 9.96. The number of morpholine rings is 1. The van der Waals surface area contributed by atoms with Gasteiger partial charge in [-0.2, -0.15) is 0 Å². The van der Waals surface area contributed by atoms with Crippen LogP contribution in [0.3, 0.4) is 0 Å². The predicted molar refractivity (Wildman–Crippen MR) is 94.0 cm³/mol. The highest BCUT2D eigenvalue weighted by atomic mass is 16.6. The van der Waals surface area contributed by atoms with Gasteiger partial charge in [0.05, 0.1) is 45.1 Å². The van der Waals surface area contributed by atoms with Crippen molar-refractivity contribution in [2.24, 2.45) is 5.73 Å². The number of methoxy groups -OCH3 is 2. The van der Waals surface area contributed by atoms with Gasteiger partial charge in [-0.05, 0) is 32.9 Å². The molecule has 25 heavy (non-hydrogen) atoms. The summed E-state index contributed by atoms with van der Waals surface area (Å²) < 4.78 is 22.0. The van der Waals surface area contributed by atoms with E-state index in [1.165, 1.54) is 0 Å². The molecule has 7 nitrogen and oxygen atoms in total. The zero-order valence-corrected chi connectivity index (χ0v) is 15.6. The van der Waals surface area contributed by atoms with Gasteiger partial charge in [-0.15, -0.1) is 0 Å². The first-order valence-electron chi connectivity index (χ1n) is 8.32. The molecular weight excluding hydrogens is 324 g/mol. The summed E-state index contributed by atoms with van der Waals surface area (Å²) in [5.74, 6) is 1.23. The summed E-state index contributed by atoms with van der Waals surface area (Å²) in [6.45, 7) is 6.70. The van der Waals surface area contributed by atoms with E-state index in [0.29, 0.717) is 36.8 Å². The minimum absolute atomic E-state index is 0.321. The SMILES string of the molecule is COc1cccc(OC)c1C(N)C1COCCN1C(=O)OC(C)(C)C. The van der Waals surface area contributed by atoms with Gasteiger partial charge >= 0.3 is 6.09 Å². The molecule has 140 valence electrons. The molecule has 2 unspecified atom stereocenters. The Balaban J connectivity index is 2.32. The van der Waals surface area contributed by atoms with Gasteiger partial charge in [0.1, 0.15) is 17.1 Å². The second kappa shape index (κ2) is 7.93. The number of hydrogen-bond donors (Lipinski definition) is 1. The molecule has 1 aliphatic heterocycles. The molecular formula is C18H28N2O5. The summed E-state index contributed by atoms with van der Waals surface area (Å²) >= 11 is 0. The van der Waals surface area contributed by atoms with E-state index in [2.05, 4.69) is 0 Å². The summed E-state index contributed by atoms with van der Waals surface area (Å²) in [5, 5.41) is 0. The number of benzene rings is 1. The Morgan fingerprint density at radius 2 is 1.88 bits per heavy atom. The molecule has 7 heteroatoms. The molecule has 0 spiro atoms. The number of carbonyl (C=O) groups excluding carboxylic acids is 1. The van der Waals surface area contributed by atoms with Crippen LogP contribution in [0, 0.1) is 0 Å². The highest BCUT2D eigenvalue weighted by molar-refractivity contribution is 5.69. The molecule has 0 radical (unpaired) electrons. The van der Waals surface area contributed by atoms with Crippen LogP contribution in [0.4, 0.5) is 4.79 Å². The third kappa shape index (κ3) is 4.55. The maximum absolute atomic E-state index is 12.6. The summed E-state index contributed by atoms with van der Waals surface area (Å²) in [7, 11) is 3.15. The van der Waals surface area contributed by atoms with Gasteiger partial charge in [-0.3, -0.25) is 4.90 Å². The Bertz CT molecular complexity index is 577. The van der Waals surface area contributed by atoms with Gasteiger partial charge in [0.2, 0.25) is 0 Å². The molecule has 0 saturated carbocycles. The lowest BCUT2D eigenvalue weighted by molar-refractivity contribution is -0.0384. The van der Waals surface area contributed by atoms with Crippen LogP contribution in [0.2, 0.25) is 0 Å². The Labute approximate surface area is 149 Å². The topological polar surface area (TPSA) is 83.3 Å². The number of nitrogens with zero attached hydrogens (tertiary/aromatic N) is 1. The van der Waals surface area contributed by atoms with Gasteiger partial charge in [0.25, 0.3) is 0 Å². The van der Waals surface area contributed by atoms with Gasteiger partial charge < -0.3 is 24.7 Å². The molecule has 0 aromatic heterocycles. The van der Waals surface area contributed by atoms with Crippen LogP contribution in [-0.4, -0.2) is 56.6 Å². The Kier molecular flexibility index (Phi) is 6.13. The Hall–Kier alpha value is -1.99. The first-order chi connectivity index (χ1) is 11.8. The van der Waals surface area contributed by atoms with E-state index in [9.17, 15) is 4.79 Å². The first-order valence-corrected chi connectivity index (χ1v) is 8.32. The lowest BCUT2D eigenvalue weighted by Crippen LogP contribution is -2.54. The van der Waals surface area contributed by atoms with Crippen LogP contribution >= 0.6 is 0 Å². The van der Waals surface area contributed by atoms with E-state index in [4.69, 9.17) is 24.7 Å². The monoisotopic (exact) mass is 352 g/mol. The maximum atomic E-state index is 12.6. The van der Waals surface area contributed by atoms with Crippen LogP contribution < -0.4 is 15.2 Å². The van der Waals surface area contributed by atoms with Gasteiger partial charge in [-0.25, -0.2) is 4.79 Å². The predicted octanol–water partition coefficient (Wildman–Crippen LogP) is 2.34.